The molecule has 2 aliphatic carbocycles. The van der Waals surface area contributed by atoms with Crippen molar-refractivity contribution in [3.8, 4) is 11.5 Å². The molecule has 2 aromatic rings. The van der Waals surface area contributed by atoms with Crippen LogP contribution >= 0.6 is 0 Å². The summed E-state index contributed by atoms with van der Waals surface area (Å²) in [4.78, 5) is 39.9. The normalized spacial score (nSPS) is 30.5. The topological polar surface area (TPSA) is 127 Å². The second kappa shape index (κ2) is 5.63. The molecule has 2 N–H and O–H groups in total. The van der Waals surface area contributed by atoms with Gasteiger partial charge in [-0.15, -0.1) is 0 Å². The molecule has 2 aliphatic heterocycles. The maximum atomic E-state index is 13.6. The first-order chi connectivity index (χ1) is 15.4. The van der Waals surface area contributed by atoms with Crippen molar-refractivity contribution < 1.29 is 33.7 Å². The number of ketones is 2. The smallest absolute Gasteiger partial charge is 0.233 e. The van der Waals surface area contributed by atoms with Crippen LogP contribution in [0.5, 0.6) is 11.5 Å². The molecular weight excluding hydrogens is 428 g/mol. The zero-order valence-corrected chi connectivity index (χ0v) is 18.1. The highest BCUT2D eigenvalue weighted by Crippen LogP contribution is 2.68. The fourth-order valence-electron chi connectivity index (χ4n) is 5.50. The van der Waals surface area contributed by atoms with Gasteiger partial charge >= 0.3 is 0 Å². The van der Waals surface area contributed by atoms with Crippen molar-refractivity contribution in [3.05, 3.63) is 63.2 Å². The first-order valence-electron chi connectivity index (χ1n) is 10.5. The van der Waals surface area contributed by atoms with Crippen molar-refractivity contribution in [1.29, 1.82) is 0 Å². The lowest BCUT2D eigenvalue weighted by Gasteiger charge is -2.33. The molecule has 33 heavy (non-hydrogen) atoms. The van der Waals surface area contributed by atoms with Gasteiger partial charge in [0.15, 0.2) is 28.1 Å². The van der Waals surface area contributed by atoms with E-state index in [2.05, 4.69) is 6.58 Å². The van der Waals surface area contributed by atoms with Crippen molar-refractivity contribution in [2.45, 2.75) is 44.0 Å². The Hall–Kier alpha value is -3.65. The number of hydrogen-bond donors (Lipinski definition) is 2. The number of benzene rings is 1. The number of rotatable bonds is 1. The monoisotopic (exact) mass is 448 g/mol. The van der Waals surface area contributed by atoms with E-state index in [1.165, 1.54) is 6.07 Å². The lowest BCUT2D eigenvalue weighted by molar-refractivity contribution is -0.128. The molecule has 0 amide bonds. The van der Waals surface area contributed by atoms with E-state index in [9.17, 15) is 24.6 Å². The minimum Gasteiger partial charge on any atom is -0.507 e. The van der Waals surface area contributed by atoms with Crippen LogP contribution in [-0.4, -0.2) is 33.0 Å². The van der Waals surface area contributed by atoms with E-state index in [0.29, 0.717) is 16.9 Å². The molecule has 4 aliphatic rings. The highest BCUT2D eigenvalue weighted by atomic mass is 16.7. The molecule has 0 radical (unpaired) electrons. The molecule has 0 spiro atoms. The maximum absolute atomic E-state index is 13.6. The molecule has 8 nitrogen and oxygen atoms in total. The van der Waals surface area contributed by atoms with Crippen LogP contribution < -0.4 is 10.2 Å². The zero-order valence-electron chi connectivity index (χ0n) is 18.1. The van der Waals surface area contributed by atoms with Crippen LogP contribution in [0.2, 0.25) is 0 Å². The van der Waals surface area contributed by atoms with Crippen LogP contribution in [0.15, 0.2) is 45.3 Å². The summed E-state index contributed by atoms with van der Waals surface area (Å²) in [5, 5.41) is 20.8. The number of carbonyl (C=O) groups excluding carboxylic acids is 2. The van der Waals surface area contributed by atoms with Crippen LogP contribution in [0.4, 0.5) is 0 Å². The number of phenolic OH excluding ortho intramolecular Hbond substituents is 1. The molecule has 0 saturated carbocycles. The van der Waals surface area contributed by atoms with Crippen LogP contribution in [0.3, 0.4) is 0 Å². The Balaban J connectivity index is 1.72. The molecule has 8 heteroatoms. The number of carbonyl (C=O) groups is 2. The number of aliphatic hydroxyl groups is 1. The Labute approximate surface area is 187 Å². The molecule has 1 aromatic heterocycles. The highest BCUT2D eigenvalue weighted by molar-refractivity contribution is 6.20. The van der Waals surface area contributed by atoms with E-state index in [0.717, 1.165) is 6.08 Å². The molecule has 0 bridgehead atoms. The summed E-state index contributed by atoms with van der Waals surface area (Å²) in [6, 6.07) is 1.37. The second-order valence-corrected chi connectivity index (χ2v) is 9.63. The van der Waals surface area contributed by atoms with Gasteiger partial charge in [0.25, 0.3) is 0 Å². The maximum Gasteiger partial charge on any atom is 0.233 e. The van der Waals surface area contributed by atoms with Gasteiger partial charge in [0.05, 0.1) is 5.56 Å². The van der Waals surface area contributed by atoms with Gasteiger partial charge in [-0.2, -0.15) is 0 Å². The van der Waals surface area contributed by atoms with Gasteiger partial charge in [0, 0.05) is 23.6 Å². The number of phenols is 1. The summed E-state index contributed by atoms with van der Waals surface area (Å²) in [7, 11) is 0. The van der Waals surface area contributed by atoms with E-state index in [-0.39, 0.29) is 34.5 Å². The summed E-state index contributed by atoms with van der Waals surface area (Å²) in [6.45, 7) is 9.27. The number of aromatic hydroxyl groups is 1. The van der Waals surface area contributed by atoms with Crippen molar-refractivity contribution >= 4 is 28.6 Å². The van der Waals surface area contributed by atoms with Crippen LogP contribution in [0.25, 0.3) is 17.0 Å². The average Bonchev–Trinajstić information content (AvgIpc) is 3.44. The first kappa shape index (κ1) is 20.0. The Kier molecular flexibility index (Phi) is 3.41. The van der Waals surface area contributed by atoms with Gasteiger partial charge in [-0.3, -0.25) is 14.4 Å². The van der Waals surface area contributed by atoms with E-state index in [1.807, 2.05) is 13.8 Å². The van der Waals surface area contributed by atoms with Crippen molar-refractivity contribution in [2.24, 2.45) is 5.92 Å². The summed E-state index contributed by atoms with van der Waals surface area (Å²) in [5.41, 5.74) is -3.62. The standard InChI is InChI=1S/C25H20O8/c1-10(2)13-7-12-19(29)18-14(26)8-16-11(5-6-23(3,4)32-16)20(18)31-22(12)25-17(28)9-15(27)21(30)24(13,25)33-25/h5-6,8-9,13,26-27H,1,7H2,2-4H3. The largest absolute Gasteiger partial charge is 0.507 e. The van der Waals surface area contributed by atoms with E-state index < -0.39 is 45.5 Å². The molecule has 1 fully saturated rings. The molecular formula is C25H20O8. The van der Waals surface area contributed by atoms with Crippen molar-refractivity contribution in [3.63, 3.8) is 0 Å². The van der Waals surface area contributed by atoms with E-state index in [4.69, 9.17) is 13.9 Å². The molecule has 3 atom stereocenters. The second-order valence-electron chi connectivity index (χ2n) is 9.63. The molecule has 1 saturated heterocycles. The van der Waals surface area contributed by atoms with Gasteiger partial charge in [0.1, 0.15) is 22.5 Å². The number of hydrogen-bond acceptors (Lipinski definition) is 8. The van der Waals surface area contributed by atoms with E-state index in [1.54, 1.807) is 19.1 Å². The van der Waals surface area contributed by atoms with Gasteiger partial charge in [-0.25, -0.2) is 0 Å². The Morgan fingerprint density at radius 3 is 2.64 bits per heavy atom. The molecule has 3 unspecified atom stereocenters. The number of fused-ring (bicyclic) bond motifs is 4. The van der Waals surface area contributed by atoms with E-state index >= 15 is 0 Å². The van der Waals surface area contributed by atoms with Crippen LogP contribution in [-0.2, 0) is 26.3 Å². The lowest BCUT2D eigenvalue weighted by atomic mass is 9.63. The summed E-state index contributed by atoms with van der Waals surface area (Å²) >= 11 is 0. The molecule has 168 valence electrons. The van der Waals surface area contributed by atoms with Gasteiger partial charge in [-0.05, 0) is 39.3 Å². The number of ether oxygens (including phenoxy) is 2. The molecule has 3 heterocycles. The van der Waals surface area contributed by atoms with Crippen molar-refractivity contribution in [1.82, 2.24) is 0 Å². The van der Waals surface area contributed by atoms with Crippen LogP contribution in [0, 0.1) is 5.92 Å². The average molecular weight is 448 g/mol. The molecule has 1 aromatic carbocycles. The Morgan fingerprint density at radius 2 is 1.94 bits per heavy atom. The third kappa shape index (κ3) is 2.12. The Morgan fingerprint density at radius 1 is 1.21 bits per heavy atom. The van der Waals surface area contributed by atoms with Gasteiger partial charge < -0.3 is 24.1 Å². The van der Waals surface area contributed by atoms with Gasteiger partial charge in [-0.1, -0.05) is 12.2 Å². The molecule has 6 rings (SSSR count). The zero-order chi connectivity index (χ0) is 23.7. The lowest BCUT2D eigenvalue weighted by Crippen LogP contribution is -2.51. The summed E-state index contributed by atoms with van der Waals surface area (Å²) < 4.78 is 18.0. The Bertz CT molecular complexity index is 1490. The predicted octanol–water partition coefficient (Wildman–Crippen LogP) is 2.99. The summed E-state index contributed by atoms with van der Waals surface area (Å²) in [5.74, 6) is -2.93. The third-order valence-electron chi connectivity index (χ3n) is 7.06. The van der Waals surface area contributed by atoms with Crippen molar-refractivity contribution in [2.75, 3.05) is 0 Å². The number of epoxide rings is 1. The number of aliphatic hydroxyl groups excluding tert-OH is 1. The van der Waals surface area contributed by atoms with Gasteiger partial charge in [0.2, 0.25) is 17.2 Å². The minimum absolute atomic E-state index is 0.00683. The third-order valence-corrected chi connectivity index (χ3v) is 7.06. The highest BCUT2D eigenvalue weighted by Gasteiger charge is 2.87. The summed E-state index contributed by atoms with van der Waals surface area (Å²) in [6.07, 6.45) is 4.33. The SMILES string of the molecule is C=C(C)C1Cc2c(oc3c4c(cc(O)c3c2=O)OC(C)(C)C=C4)C23OC12C(=O)C(O)=CC3=O. The minimum atomic E-state index is -1.86. The quantitative estimate of drug-likeness (QED) is 0.504. The predicted molar refractivity (Wildman–Crippen MR) is 116 cm³/mol. The fourth-order valence-corrected chi connectivity index (χ4v) is 5.50. The fraction of sp³-hybridized carbons (Fsp3) is 0.320. The first-order valence-corrected chi connectivity index (χ1v) is 10.5. The van der Waals surface area contributed by atoms with Crippen LogP contribution in [0.1, 0.15) is 37.7 Å². The number of Topliss-reactive ketones (excluding diaryl/α,β-unsaturated/α-hetero) is 1.